The SMILES string of the molecule is COc1cc(C)ccc1Oc1ccc([N+](=O)[O-])cc1[N+](=O)[O-]. The van der Waals surface area contributed by atoms with Crippen molar-refractivity contribution in [3.8, 4) is 17.2 Å². The van der Waals surface area contributed by atoms with E-state index in [1.54, 1.807) is 18.2 Å². The Hall–Kier alpha value is -3.16. The van der Waals surface area contributed by atoms with Gasteiger partial charge < -0.3 is 9.47 Å². The highest BCUT2D eigenvalue weighted by molar-refractivity contribution is 5.56. The molecule has 0 bridgehead atoms. The smallest absolute Gasteiger partial charge is 0.318 e. The maximum Gasteiger partial charge on any atom is 0.318 e. The predicted molar refractivity (Wildman–Crippen MR) is 77.6 cm³/mol. The first-order valence-corrected chi connectivity index (χ1v) is 6.17. The Bertz CT molecular complexity index is 744. The summed E-state index contributed by atoms with van der Waals surface area (Å²) in [7, 11) is 1.45. The normalized spacial score (nSPS) is 10.1. The number of rotatable bonds is 5. The van der Waals surface area contributed by atoms with Crippen molar-refractivity contribution in [3.63, 3.8) is 0 Å². The lowest BCUT2D eigenvalue weighted by molar-refractivity contribution is -0.394. The number of hydrogen-bond acceptors (Lipinski definition) is 6. The van der Waals surface area contributed by atoms with E-state index in [1.165, 1.54) is 13.2 Å². The third-order valence-electron chi connectivity index (χ3n) is 2.89. The summed E-state index contributed by atoms with van der Waals surface area (Å²) in [6, 6.07) is 8.27. The van der Waals surface area contributed by atoms with E-state index < -0.39 is 15.5 Å². The molecule has 0 saturated carbocycles. The molecule has 0 saturated heterocycles. The molecule has 0 atom stereocenters. The van der Waals surface area contributed by atoms with E-state index in [0.717, 1.165) is 17.7 Å². The average molecular weight is 304 g/mol. The summed E-state index contributed by atoms with van der Waals surface area (Å²) in [6.45, 7) is 1.86. The second-order valence-corrected chi connectivity index (χ2v) is 4.42. The number of methoxy groups -OCH3 is 1. The van der Waals surface area contributed by atoms with Gasteiger partial charge in [0.2, 0.25) is 5.75 Å². The molecule has 114 valence electrons. The molecule has 0 radical (unpaired) electrons. The maximum absolute atomic E-state index is 11.1. The minimum atomic E-state index is -0.733. The Morgan fingerprint density at radius 1 is 0.909 bits per heavy atom. The standard InChI is InChI=1S/C14H12N2O6/c1-9-3-5-13(14(7-9)21-2)22-12-6-4-10(15(17)18)8-11(12)16(19)20/h3-8H,1-2H3. The molecule has 0 spiro atoms. The van der Waals surface area contributed by atoms with Gasteiger partial charge in [0.15, 0.2) is 11.5 Å². The highest BCUT2D eigenvalue weighted by Crippen LogP contribution is 2.38. The molecule has 2 aromatic carbocycles. The van der Waals surface area contributed by atoms with Crippen molar-refractivity contribution in [2.75, 3.05) is 7.11 Å². The zero-order chi connectivity index (χ0) is 16.3. The number of nitro groups is 2. The number of non-ortho nitro benzene ring substituents is 1. The second-order valence-electron chi connectivity index (χ2n) is 4.42. The summed E-state index contributed by atoms with van der Waals surface area (Å²) in [5.74, 6) is 0.593. The Morgan fingerprint density at radius 2 is 1.59 bits per heavy atom. The Morgan fingerprint density at radius 3 is 2.18 bits per heavy atom. The molecule has 0 N–H and O–H groups in total. The molecule has 0 aromatic heterocycles. The van der Waals surface area contributed by atoms with Gasteiger partial charge >= 0.3 is 5.69 Å². The Kier molecular flexibility index (Phi) is 4.21. The topological polar surface area (TPSA) is 105 Å². The summed E-state index contributed by atoms with van der Waals surface area (Å²) in [4.78, 5) is 20.3. The van der Waals surface area contributed by atoms with Crippen molar-refractivity contribution >= 4 is 11.4 Å². The minimum absolute atomic E-state index is 0.0993. The molecule has 0 aliphatic carbocycles. The fraction of sp³-hybridized carbons (Fsp3) is 0.143. The molecule has 22 heavy (non-hydrogen) atoms. The lowest BCUT2D eigenvalue weighted by Gasteiger charge is -2.11. The van der Waals surface area contributed by atoms with Crippen LogP contribution in [0.1, 0.15) is 5.56 Å². The lowest BCUT2D eigenvalue weighted by Crippen LogP contribution is -1.97. The fourth-order valence-electron chi connectivity index (χ4n) is 1.83. The van der Waals surface area contributed by atoms with Gasteiger partial charge in [-0.1, -0.05) is 6.07 Å². The van der Waals surface area contributed by atoms with E-state index in [0.29, 0.717) is 5.75 Å². The van der Waals surface area contributed by atoms with E-state index in [4.69, 9.17) is 9.47 Å². The predicted octanol–water partition coefficient (Wildman–Crippen LogP) is 3.61. The first-order chi connectivity index (χ1) is 10.4. The second kappa shape index (κ2) is 6.08. The van der Waals surface area contributed by atoms with Crippen LogP contribution in [0.5, 0.6) is 17.2 Å². The lowest BCUT2D eigenvalue weighted by atomic mass is 10.2. The molecule has 0 heterocycles. The molecule has 8 nitrogen and oxygen atoms in total. The highest BCUT2D eigenvalue weighted by Gasteiger charge is 2.22. The largest absolute Gasteiger partial charge is 0.493 e. The molecular weight excluding hydrogens is 292 g/mol. The van der Waals surface area contributed by atoms with Gasteiger partial charge in [-0.15, -0.1) is 0 Å². The third-order valence-corrected chi connectivity index (χ3v) is 2.89. The number of aryl methyl sites for hydroxylation is 1. The highest BCUT2D eigenvalue weighted by atomic mass is 16.6. The van der Waals surface area contributed by atoms with E-state index in [1.807, 2.05) is 6.92 Å². The molecule has 8 heteroatoms. The van der Waals surface area contributed by atoms with Crippen molar-refractivity contribution < 1.29 is 19.3 Å². The molecule has 0 unspecified atom stereocenters. The van der Waals surface area contributed by atoms with Gasteiger partial charge in [-0.05, 0) is 30.7 Å². The van der Waals surface area contributed by atoms with Gasteiger partial charge in [0, 0.05) is 6.07 Å². The molecule has 0 aliphatic heterocycles. The van der Waals surface area contributed by atoms with Crippen LogP contribution >= 0.6 is 0 Å². The molecular formula is C14H12N2O6. The van der Waals surface area contributed by atoms with Crippen molar-refractivity contribution in [2.24, 2.45) is 0 Å². The van der Waals surface area contributed by atoms with Crippen LogP contribution in [0.4, 0.5) is 11.4 Å². The number of nitrogens with zero attached hydrogens (tertiary/aromatic N) is 2. The fourth-order valence-corrected chi connectivity index (χ4v) is 1.83. The number of benzene rings is 2. The van der Waals surface area contributed by atoms with E-state index in [-0.39, 0.29) is 17.2 Å². The number of ether oxygens (including phenoxy) is 2. The van der Waals surface area contributed by atoms with Crippen molar-refractivity contribution in [3.05, 3.63) is 62.2 Å². The van der Waals surface area contributed by atoms with Gasteiger partial charge in [-0.3, -0.25) is 20.2 Å². The third kappa shape index (κ3) is 3.11. The van der Waals surface area contributed by atoms with E-state index in [9.17, 15) is 20.2 Å². The van der Waals surface area contributed by atoms with Crippen LogP contribution in [0.15, 0.2) is 36.4 Å². The zero-order valence-electron chi connectivity index (χ0n) is 11.8. The van der Waals surface area contributed by atoms with Crippen molar-refractivity contribution in [1.29, 1.82) is 0 Å². The monoisotopic (exact) mass is 304 g/mol. The average Bonchev–Trinajstić information content (AvgIpc) is 2.48. The summed E-state index contributed by atoms with van der Waals surface area (Å²) in [6.07, 6.45) is 0. The van der Waals surface area contributed by atoms with E-state index in [2.05, 4.69) is 0 Å². The molecule has 2 aromatic rings. The van der Waals surface area contributed by atoms with Gasteiger partial charge in [-0.2, -0.15) is 0 Å². The first kappa shape index (κ1) is 15.2. The summed E-state index contributed by atoms with van der Waals surface area (Å²) < 4.78 is 10.7. The van der Waals surface area contributed by atoms with Crippen LogP contribution in [0.2, 0.25) is 0 Å². The van der Waals surface area contributed by atoms with Crippen LogP contribution in [0.3, 0.4) is 0 Å². The Labute approximate surface area is 125 Å². The molecule has 2 rings (SSSR count). The summed E-state index contributed by atoms with van der Waals surface area (Å²) in [5.41, 5.74) is 0.0640. The quantitative estimate of drug-likeness (QED) is 0.617. The maximum atomic E-state index is 11.1. The number of nitro benzene ring substituents is 2. The van der Waals surface area contributed by atoms with E-state index >= 15 is 0 Å². The summed E-state index contributed by atoms with van der Waals surface area (Å²) >= 11 is 0. The van der Waals surface area contributed by atoms with Crippen molar-refractivity contribution in [1.82, 2.24) is 0 Å². The summed E-state index contributed by atoms with van der Waals surface area (Å²) in [5, 5.41) is 21.8. The van der Waals surface area contributed by atoms with Gasteiger partial charge in [-0.25, -0.2) is 0 Å². The van der Waals surface area contributed by atoms with Crippen molar-refractivity contribution in [2.45, 2.75) is 6.92 Å². The van der Waals surface area contributed by atoms with Crippen LogP contribution in [-0.2, 0) is 0 Å². The molecule has 0 aliphatic rings. The van der Waals surface area contributed by atoms with Gasteiger partial charge in [0.1, 0.15) is 0 Å². The Balaban J connectivity index is 2.45. The number of hydrogen-bond donors (Lipinski definition) is 0. The zero-order valence-corrected chi connectivity index (χ0v) is 11.8. The van der Waals surface area contributed by atoms with Crippen LogP contribution < -0.4 is 9.47 Å². The minimum Gasteiger partial charge on any atom is -0.493 e. The first-order valence-electron chi connectivity index (χ1n) is 6.17. The van der Waals surface area contributed by atoms with Crippen LogP contribution in [0.25, 0.3) is 0 Å². The van der Waals surface area contributed by atoms with Gasteiger partial charge in [0.25, 0.3) is 5.69 Å². The van der Waals surface area contributed by atoms with Crippen LogP contribution in [-0.4, -0.2) is 17.0 Å². The van der Waals surface area contributed by atoms with Crippen LogP contribution in [0, 0.1) is 27.2 Å². The van der Waals surface area contributed by atoms with Gasteiger partial charge in [0.05, 0.1) is 23.0 Å². The molecule has 0 fully saturated rings. The molecule has 0 amide bonds.